The molecular formula is C25H23N5O3. The summed E-state index contributed by atoms with van der Waals surface area (Å²) >= 11 is 0. The van der Waals surface area contributed by atoms with E-state index in [9.17, 15) is 9.59 Å². The number of aromatic amines is 1. The fourth-order valence-electron chi connectivity index (χ4n) is 3.97. The molecule has 4 aromatic rings. The maximum atomic E-state index is 12.5. The zero-order valence-corrected chi connectivity index (χ0v) is 18.0. The van der Waals surface area contributed by atoms with Gasteiger partial charge in [-0.2, -0.15) is 0 Å². The van der Waals surface area contributed by atoms with Crippen molar-refractivity contribution in [3.8, 4) is 5.75 Å². The Kier molecular flexibility index (Phi) is 5.82. The molecule has 0 atom stereocenters. The second-order valence-corrected chi connectivity index (χ2v) is 7.87. The normalized spacial score (nSPS) is 14.4. The summed E-state index contributed by atoms with van der Waals surface area (Å²) in [6.07, 6.45) is 1.70. The number of carbonyl (C=O) groups is 1. The van der Waals surface area contributed by atoms with Crippen LogP contribution in [0.5, 0.6) is 5.75 Å². The molecule has 0 saturated carbocycles. The van der Waals surface area contributed by atoms with Gasteiger partial charge in [-0.1, -0.05) is 30.3 Å². The molecule has 3 heterocycles. The first-order valence-electron chi connectivity index (χ1n) is 10.8. The van der Waals surface area contributed by atoms with Gasteiger partial charge in [0.1, 0.15) is 5.82 Å². The lowest BCUT2D eigenvalue weighted by Gasteiger charge is -2.35. The predicted octanol–water partition coefficient (Wildman–Crippen LogP) is 2.86. The zero-order chi connectivity index (χ0) is 22.6. The number of hydrogen-bond acceptors (Lipinski definition) is 7. The first-order chi connectivity index (χ1) is 16.2. The molecule has 1 N–H and O–H groups in total. The summed E-state index contributed by atoms with van der Waals surface area (Å²) in [5.74, 6) is 1.34. The second kappa shape index (κ2) is 9.22. The Hall–Kier alpha value is -4.04. The van der Waals surface area contributed by atoms with Gasteiger partial charge in [-0.3, -0.25) is 9.69 Å². The number of piperazine rings is 1. The first-order valence-corrected chi connectivity index (χ1v) is 10.8. The van der Waals surface area contributed by atoms with Crippen LogP contribution in [0.15, 0.2) is 77.7 Å². The first kappa shape index (κ1) is 20.8. The number of fused-ring (bicyclic) bond motifs is 1. The number of benzene rings is 2. The Morgan fingerprint density at radius 3 is 2.52 bits per heavy atom. The zero-order valence-electron chi connectivity index (χ0n) is 18.0. The molecule has 2 aromatic carbocycles. The van der Waals surface area contributed by atoms with Gasteiger partial charge in [0.25, 0.3) is 5.56 Å². The number of carbonyl (C=O) groups excluding carboxylic acids is 1. The minimum absolute atomic E-state index is 0.118. The number of nitrogens with one attached hydrogen (secondary N) is 1. The lowest BCUT2D eigenvalue weighted by atomic mass is 10.2. The lowest BCUT2D eigenvalue weighted by Crippen LogP contribution is -2.46. The smallest absolute Gasteiger partial charge is 0.343 e. The van der Waals surface area contributed by atoms with Crippen molar-refractivity contribution in [1.29, 1.82) is 0 Å². The molecule has 0 bridgehead atoms. The Morgan fingerprint density at radius 1 is 0.939 bits per heavy atom. The van der Waals surface area contributed by atoms with E-state index in [1.54, 1.807) is 48.7 Å². The molecule has 33 heavy (non-hydrogen) atoms. The van der Waals surface area contributed by atoms with E-state index in [0.29, 0.717) is 53.5 Å². The summed E-state index contributed by atoms with van der Waals surface area (Å²) in [4.78, 5) is 41.2. The Bertz CT molecular complexity index is 1330. The number of esters is 1. The summed E-state index contributed by atoms with van der Waals surface area (Å²) in [5.41, 5.74) is 1.08. The van der Waals surface area contributed by atoms with E-state index in [1.807, 2.05) is 24.3 Å². The van der Waals surface area contributed by atoms with Crippen molar-refractivity contribution in [3.63, 3.8) is 0 Å². The molecule has 8 heteroatoms. The lowest BCUT2D eigenvalue weighted by molar-refractivity contribution is 0.0734. The maximum absolute atomic E-state index is 12.5. The van der Waals surface area contributed by atoms with Crippen molar-refractivity contribution in [3.05, 3.63) is 94.7 Å². The van der Waals surface area contributed by atoms with Gasteiger partial charge in [0.05, 0.1) is 23.0 Å². The minimum Gasteiger partial charge on any atom is -0.419 e. The van der Waals surface area contributed by atoms with Crippen molar-refractivity contribution >= 4 is 22.7 Å². The molecular weight excluding hydrogens is 418 g/mol. The van der Waals surface area contributed by atoms with Crippen molar-refractivity contribution in [1.82, 2.24) is 19.9 Å². The number of anilines is 1. The van der Waals surface area contributed by atoms with E-state index < -0.39 is 5.97 Å². The highest BCUT2D eigenvalue weighted by atomic mass is 16.5. The number of para-hydroxylation sites is 1. The van der Waals surface area contributed by atoms with Gasteiger partial charge in [-0.05, 0) is 36.4 Å². The highest BCUT2D eigenvalue weighted by molar-refractivity contribution is 5.91. The summed E-state index contributed by atoms with van der Waals surface area (Å²) < 4.78 is 5.65. The molecule has 0 spiro atoms. The van der Waals surface area contributed by atoms with Crippen LogP contribution in [0.1, 0.15) is 16.2 Å². The van der Waals surface area contributed by atoms with Crippen molar-refractivity contribution in [2.24, 2.45) is 0 Å². The fourth-order valence-corrected chi connectivity index (χ4v) is 3.97. The molecule has 0 amide bonds. The molecule has 1 aliphatic rings. The van der Waals surface area contributed by atoms with Crippen LogP contribution in [-0.4, -0.2) is 52.0 Å². The Labute approximate surface area is 190 Å². The van der Waals surface area contributed by atoms with Gasteiger partial charge in [0, 0.05) is 32.4 Å². The molecule has 5 rings (SSSR count). The number of ether oxygens (including phenoxy) is 1. The highest BCUT2D eigenvalue weighted by Gasteiger charge is 2.23. The molecule has 8 nitrogen and oxygen atoms in total. The van der Waals surface area contributed by atoms with Gasteiger partial charge < -0.3 is 14.6 Å². The van der Waals surface area contributed by atoms with Crippen molar-refractivity contribution in [2.75, 3.05) is 31.1 Å². The van der Waals surface area contributed by atoms with Gasteiger partial charge in [-0.15, -0.1) is 0 Å². The van der Waals surface area contributed by atoms with Crippen molar-refractivity contribution in [2.45, 2.75) is 6.54 Å². The molecule has 2 aromatic heterocycles. The van der Waals surface area contributed by atoms with E-state index in [1.165, 1.54) is 0 Å². The SMILES string of the molecule is O=C(Oc1cccnc1N1CCN(Cc2nc3ccccc3c(=O)[nH]2)CC1)c1ccccc1. The molecule has 1 fully saturated rings. The average molecular weight is 441 g/mol. The van der Waals surface area contributed by atoms with E-state index in [2.05, 4.69) is 24.8 Å². The third-order valence-electron chi connectivity index (χ3n) is 5.67. The van der Waals surface area contributed by atoms with Crippen LogP contribution < -0.4 is 15.2 Å². The Morgan fingerprint density at radius 2 is 1.70 bits per heavy atom. The van der Waals surface area contributed by atoms with Crippen LogP contribution in [0.2, 0.25) is 0 Å². The summed E-state index contributed by atoms with van der Waals surface area (Å²) in [5, 5.41) is 0.596. The van der Waals surface area contributed by atoms with Gasteiger partial charge in [-0.25, -0.2) is 14.8 Å². The van der Waals surface area contributed by atoms with Gasteiger partial charge >= 0.3 is 5.97 Å². The summed E-state index contributed by atoms with van der Waals surface area (Å²) in [6, 6.07) is 19.8. The van der Waals surface area contributed by atoms with Gasteiger partial charge in [0.15, 0.2) is 11.6 Å². The third-order valence-corrected chi connectivity index (χ3v) is 5.67. The van der Waals surface area contributed by atoms with Gasteiger partial charge in [0.2, 0.25) is 0 Å². The number of nitrogens with zero attached hydrogens (tertiary/aromatic N) is 4. The van der Waals surface area contributed by atoms with Crippen molar-refractivity contribution < 1.29 is 9.53 Å². The summed E-state index contributed by atoms with van der Waals surface area (Å²) in [6.45, 7) is 3.51. The second-order valence-electron chi connectivity index (χ2n) is 7.87. The number of rotatable bonds is 5. The van der Waals surface area contributed by atoms with Crippen LogP contribution in [0.3, 0.4) is 0 Å². The molecule has 1 aliphatic heterocycles. The number of aromatic nitrogens is 3. The quantitative estimate of drug-likeness (QED) is 0.476. The van der Waals surface area contributed by atoms with Crippen LogP contribution in [-0.2, 0) is 6.54 Å². The largest absolute Gasteiger partial charge is 0.419 e. The molecule has 0 aliphatic carbocycles. The van der Waals surface area contributed by atoms with E-state index in [0.717, 1.165) is 13.1 Å². The van der Waals surface area contributed by atoms with Crippen LogP contribution in [0.25, 0.3) is 10.9 Å². The predicted molar refractivity (Wildman–Crippen MR) is 125 cm³/mol. The molecule has 0 radical (unpaired) electrons. The third kappa shape index (κ3) is 4.61. The van der Waals surface area contributed by atoms with E-state index in [-0.39, 0.29) is 5.56 Å². The number of H-pyrrole nitrogens is 1. The van der Waals surface area contributed by atoms with E-state index in [4.69, 9.17) is 4.74 Å². The average Bonchev–Trinajstić information content (AvgIpc) is 2.85. The monoisotopic (exact) mass is 441 g/mol. The molecule has 0 unspecified atom stereocenters. The topological polar surface area (TPSA) is 91.4 Å². The Balaban J connectivity index is 1.25. The molecule has 1 saturated heterocycles. The van der Waals surface area contributed by atoms with Crippen LogP contribution >= 0.6 is 0 Å². The number of hydrogen-bond donors (Lipinski definition) is 1. The van der Waals surface area contributed by atoms with Crippen LogP contribution in [0, 0.1) is 0 Å². The highest BCUT2D eigenvalue weighted by Crippen LogP contribution is 2.27. The van der Waals surface area contributed by atoms with E-state index >= 15 is 0 Å². The number of pyridine rings is 1. The molecule has 166 valence electrons. The summed E-state index contributed by atoms with van der Waals surface area (Å²) in [7, 11) is 0. The maximum Gasteiger partial charge on any atom is 0.343 e. The van der Waals surface area contributed by atoms with Crippen LogP contribution in [0.4, 0.5) is 5.82 Å². The minimum atomic E-state index is -0.408. The fraction of sp³-hybridized carbons (Fsp3) is 0.200. The standard InChI is InChI=1S/C25H23N5O3/c31-24-19-9-4-5-10-20(19)27-22(28-24)17-29-13-15-30(16-14-29)23-21(11-6-12-26-23)33-25(32)18-7-2-1-3-8-18/h1-12H,13-17H2,(H,27,28,31).